The van der Waals surface area contributed by atoms with E-state index in [-0.39, 0.29) is 5.41 Å². The highest BCUT2D eigenvalue weighted by atomic mass is 15.3. The highest BCUT2D eigenvalue weighted by Gasteiger charge is 2.15. The standard InChI is InChI=1S/C17H25N3/c1-6-18-11-14-12-20(5)19-16(14)13-7-9-15(10-8-13)17(2,3)4/h7-10,12,18H,6,11H2,1-5H3. The van der Waals surface area contributed by atoms with Gasteiger partial charge in [-0.1, -0.05) is 52.0 Å². The van der Waals surface area contributed by atoms with Gasteiger partial charge in [0.2, 0.25) is 0 Å². The third kappa shape index (κ3) is 3.28. The Morgan fingerprint density at radius 1 is 1.15 bits per heavy atom. The maximum absolute atomic E-state index is 4.60. The van der Waals surface area contributed by atoms with E-state index >= 15 is 0 Å². The van der Waals surface area contributed by atoms with Crippen LogP contribution in [0.4, 0.5) is 0 Å². The number of hydrogen-bond acceptors (Lipinski definition) is 2. The van der Waals surface area contributed by atoms with E-state index in [2.05, 4.69) is 68.6 Å². The molecule has 0 unspecified atom stereocenters. The third-order valence-electron chi connectivity index (χ3n) is 3.49. The van der Waals surface area contributed by atoms with E-state index in [0.29, 0.717) is 0 Å². The van der Waals surface area contributed by atoms with Crippen molar-refractivity contribution in [3.8, 4) is 11.3 Å². The van der Waals surface area contributed by atoms with Gasteiger partial charge in [-0.05, 0) is 17.5 Å². The topological polar surface area (TPSA) is 29.9 Å². The molecule has 0 fully saturated rings. The molecule has 0 atom stereocenters. The number of rotatable bonds is 4. The zero-order chi connectivity index (χ0) is 14.8. The average Bonchev–Trinajstić information content (AvgIpc) is 2.76. The maximum Gasteiger partial charge on any atom is 0.0967 e. The van der Waals surface area contributed by atoms with E-state index in [4.69, 9.17) is 0 Å². The lowest BCUT2D eigenvalue weighted by Crippen LogP contribution is -2.12. The Kier molecular flexibility index (Phi) is 4.29. The number of aromatic nitrogens is 2. The first kappa shape index (κ1) is 14.8. The van der Waals surface area contributed by atoms with Crippen LogP contribution in [0.25, 0.3) is 11.3 Å². The first-order chi connectivity index (χ1) is 9.41. The number of hydrogen-bond donors (Lipinski definition) is 1. The minimum atomic E-state index is 0.190. The van der Waals surface area contributed by atoms with Gasteiger partial charge in [0, 0.05) is 30.9 Å². The molecule has 0 amide bonds. The number of nitrogens with zero attached hydrogens (tertiary/aromatic N) is 2. The summed E-state index contributed by atoms with van der Waals surface area (Å²) in [6, 6.07) is 8.78. The average molecular weight is 271 g/mol. The summed E-state index contributed by atoms with van der Waals surface area (Å²) in [5.74, 6) is 0. The molecule has 3 nitrogen and oxygen atoms in total. The quantitative estimate of drug-likeness (QED) is 0.922. The summed E-state index contributed by atoms with van der Waals surface area (Å²) in [5, 5.41) is 7.97. The van der Waals surface area contributed by atoms with Crippen molar-refractivity contribution < 1.29 is 0 Å². The van der Waals surface area contributed by atoms with E-state index in [1.165, 1.54) is 16.7 Å². The van der Waals surface area contributed by atoms with Crippen molar-refractivity contribution in [1.82, 2.24) is 15.1 Å². The largest absolute Gasteiger partial charge is 0.313 e. The van der Waals surface area contributed by atoms with Crippen LogP contribution in [0.2, 0.25) is 0 Å². The van der Waals surface area contributed by atoms with Gasteiger partial charge < -0.3 is 5.32 Å². The van der Waals surface area contributed by atoms with E-state index in [1.54, 1.807) is 0 Å². The maximum atomic E-state index is 4.60. The zero-order valence-electron chi connectivity index (χ0n) is 13.2. The molecule has 108 valence electrons. The van der Waals surface area contributed by atoms with Crippen molar-refractivity contribution in [3.63, 3.8) is 0 Å². The molecule has 0 aliphatic carbocycles. The fourth-order valence-electron chi connectivity index (χ4n) is 2.30. The molecule has 0 bridgehead atoms. The van der Waals surface area contributed by atoms with Gasteiger partial charge in [0.1, 0.15) is 0 Å². The Bertz CT molecular complexity index is 559. The van der Waals surface area contributed by atoms with Crippen LogP contribution in [0, 0.1) is 0 Å². The van der Waals surface area contributed by atoms with E-state index in [1.807, 2.05) is 11.7 Å². The summed E-state index contributed by atoms with van der Waals surface area (Å²) in [6.07, 6.45) is 2.09. The number of benzene rings is 1. The van der Waals surface area contributed by atoms with Crippen molar-refractivity contribution >= 4 is 0 Å². The van der Waals surface area contributed by atoms with E-state index in [9.17, 15) is 0 Å². The molecule has 1 aromatic carbocycles. The SMILES string of the molecule is CCNCc1cn(C)nc1-c1ccc(C(C)(C)C)cc1. The molecule has 0 spiro atoms. The second kappa shape index (κ2) is 5.80. The Labute approximate surface area is 122 Å². The van der Waals surface area contributed by atoms with Gasteiger partial charge in [-0.15, -0.1) is 0 Å². The Morgan fingerprint density at radius 2 is 1.80 bits per heavy atom. The Hall–Kier alpha value is -1.61. The molecule has 0 aliphatic rings. The second-order valence-corrected chi connectivity index (χ2v) is 6.28. The highest BCUT2D eigenvalue weighted by molar-refractivity contribution is 5.63. The van der Waals surface area contributed by atoms with E-state index < -0.39 is 0 Å². The van der Waals surface area contributed by atoms with Gasteiger partial charge in [-0.3, -0.25) is 4.68 Å². The van der Waals surface area contributed by atoms with Gasteiger partial charge in [-0.25, -0.2) is 0 Å². The molecule has 0 aliphatic heterocycles. The summed E-state index contributed by atoms with van der Waals surface area (Å²) in [6.45, 7) is 10.7. The molecule has 0 saturated carbocycles. The van der Waals surface area contributed by atoms with Crippen LogP contribution in [0.1, 0.15) is 38.8 Å². The monoisotopic (exact) mass is 271 g/mol. The fraction of sp³-hybridized carbons (Fsp3) is 0.471. The summed E-state index contributed by atoms with van der Waals surface area (Å²) in [4.78, 5) is 0. The molecule has 20 heavy (non-hydrogen) atoms. The smallest absolute Gasteiger partial charge is 0.0967 e. The molecular formula is C17H25N3. The van der Waals surface area contributed by atoms with Gasteiger partial charge in [0.15, 0.2) is 0 Å². The van der Waals surface area contributed by atoms with Gasteiger partial charge in [0.05, 0.1) is 5.69 Å². The molecule has 2 aromatic rings. The summed E-state index contributed by atoms with van der Waals surface area (Å²) < 4.78 is 1.89. The van der Waals surface area contributed by atoms with E-state index in [0.717, 1.165) is 18.8 Å². The van der Waals surface area contributed by atoms with Crippen molar-refractivity contribution in [3.05, 3.63) is 41.6 Å². The molecule has 0 saturated heterocycles. The first-order valence-electron chi connectivity index (χ1n) is 7.26. The number of aryl methyl sites for hydroxylation is 1. The minimum Gasteiger partial charge on any atom is -0.313 e. The predicted octanol–water partition coefficient (Wildman–Crippen LogP) is 3.49. The molecule has 1 N–H and O–H groups in total. The number of nitrogens with one attached hydrogen (secondary N) is 1. The summed E-state index contributed by atoms with van der Waals surface area (Å²) >= 11 is 0. The van der Waals surface area contributed by atoms with Crippen molar-refractivity contribution in [2.75, 3.05) is 6.54 Å². The van der Waals surface area contributed by atoms with Gasteiger partial charge in [0.25, 0.3) is 0 Å². The second-order valence-electron chi connectivity index (χ2n) is 6.28. The predicted molar refractivity (Wildman–Crippen MR) is 84.7 cm³/mol. The van der Waals surface area contributed by atoms with Crippen LogP contribution in [0.15, 0.2) is 30.5 Å². The lowest BCUT2D eigenvalue weighted by atomic mass is 9.86. The van der Waals surface area contributed by atoms with Crippen LogP contribution in [-0.4, -0.2) is 16.3 Å². The highest BCUT2D eigenvalue weighted by Crippen LogP contribution is 2.27. The minimum absolute atomic E-state index is 0.190. The lowest BCUT2D eigenvalue weighted by Gasteiger charge is -2.19. The molecule has 2 rings (SSSR count). The van der Waals surface area contributed by atoms with Crippen LogP contribution in [0.3, 0.4) is 0 Å². The van der Waals surface area contributed by atoms with Crippen molar-refractivity contribution in [1.29, 1.82) is 0 Å². The molecular weight excluding hydrogens is 246 g/mol. The van der Waals surface area contributed by atoms with Crippen molar-refractivity contribution in [2.45, 2.75) is 39.7 Å². The Balaban J connectivity index is 2.31. The van der Waals surface area contributed by atoms with Crippen LogP contribution in [-0.2, 0) is 19.0 Å². The fourth-order valence-corrected chi connectivity index (χ4v) is 2.30. The summed E-state index contributed by atoms with van der Waals surface area (Å²) in [5.41, 5.74) is 5.05. The molecule has 1 aromatic heterocycles. The molecule has 1 heterocycles. The zero-order valence-corrected chi connectivity index (χ0v) is 13.2. The summed E-state index contributed by atoms with van der Waals surface area (Å²) in [7, 11) is 1.97. The normalized spacial score (nSPS) is 11.8. The van der Waals surface area contributed by atoms with Crippen LogP contribution >= 0.6 is 0 Å². The van der Waals surface area contributed by atoms with Crippen LogP contribution in [0.5, 0.6) is 0 Å². The van der Waals surface area contributed by atoms with Crippen LogP contribution < -0.4 is 5.32 Å². The van der Waals surface area contributed by atoms with Gasteiger partial charge >= 0.3 is 0 Å². The van der Waals surface area contributed by atoms with Gasteiger partial charge in [-0.2, -0.15) is 5.10 Å². The molecule has 3 heteroatoms. The Morgan fingerprint density at radius 3 is 2.35 bits per heavy atom. The first-order valence-corrected chi connectivity index (χ1v) is 7.26. The molecule has 0 radical (unpaired) electrons. The van der Waals surface area contributed by atoms with Crippen molar-refractivity contribution in [2.24, 2.45) is 7.05 Å². The third-order valence-corrected chi connectivity index (χ3v) is 3.49. The lowest BCUT2D eigenvalue weighted by molar-refractivity contribution is 0.590.